The van der Waals surface area contributed by atoms with E-state index in [1.807, 2.05) is 12.1 Å². The number of anilines is 1. The van der Waals surface area contributed by atoms with Gasteiger partial charge in [0.05, 0.1) is 12.7 Å². The van der Waals surface area contributed by atoms with Gasteiger partial charge in [0.2, 0.25) is 0 Å². The molecule has 3 nitrogen and oxygen atoms in total. The van der Waals surface area contributed by atoms with Gasteiger partial charge in [0.15, 0.2) is 0 Å². The molecule has 126 valence electrons. The number of nitrogens with one attached hydrogen (secondary N) is 1. The summed E-state index contributed by atoms with van der Waals surface area (Å²) in [6.07, 6.45) is 1.63. The topological polar surface area (TPSA) is 41.5 Å². The van der Waals surface area contributed by atoms with Gasteiger partial charge in [-0.25, -0.2) is 0 Å². The Morgan fingerprint density at radius 2 is 1.62 bits per heavy atom. The van der Waals surface area contributed by atoms with Gasteiger partial charge < -0.3 is 15.2 Å². The molecule has 1 unspecified atom stereocenters. The molecule has 0 amide bonds. The van der Waals surface area contributed by atoms with Crippen LogP contribution in [0.25, 0.3) is 21.5 Å². The zero-order valence-electron chi connectivity index (χ0n) is 14.2. The van der Waals surface area contributed by atoms with Crippen LogP contribution in [-0.4, -0.2) is 31.0 Å². The lowest BCUT2D eigenvalue weighted by atomic mass is 10.0. The maximum atomic E-state index is 10.2. The summed E-state index contributed by atoms with van der Waals surface area (Å²) in [5.74, 6) is 0. The van der Waals surface area contributed by atoms with Crippen LogP contribution >= 0.6 is 0 Å². The van der Waals surface area contributed by atoms with Crippen molar-refractivity contribution in [2.24, 2.45) is 0 Å². The lowest BCUT2D eigenvalue weighted by Crippen LogP contribution is -2.25. The number of fused-ring (bicyclic) bond motifs is 2. The molecule has 0 heterocycles. The molecule has 3 rings (SSSR count). The van der Waals surface area contributed by atoms with Crippen LogP contribution in [-0.2, 0) is 4.74 Å². The molecule has 3 aromatic carbocycles. The van der Waals surface area contributed by atoms with Crippen LogP contribution in [0.4, 0.5) is 5.69 Å². The second-order valence-electron chi connectivity index (χ2n) is 6.16. The highest BCUT2D eigenvalue weighted by atomic mass is 16.5. The molecule has 0 aliphatic carbocycles. The number of aliphatic hydroxyl groups is 1. The zero-order chi connectivity index (χ0) is 16.8. The van der Waals surface area contributed by atoms with Gasteiger partial charge in [0, 0.05) is 29.6 Å². The van der Waals surface area contributed by atoms with Crippen LogP contribution in [0.15, 0.2) is 54.6 Å². The van der Waals surface area contributed by atoms with Gasteiger partial charge in [-0.15, -0.1) is 0 Å². The normalized spacial score (nSPS) is 12.6. The van der Waals surface area contributed by atoms with Crippen LogP contribution < -0.4 is 5.32 Å². The number of benzene rings is 3. The second kappa shape index (κ2) is 8.13. The van der Waals surface area contributed by atoms with E-state index in [2.05, 4.69) is 54.7 Å². The number of aliphatic hydroxyl groups excluding tert-OH is 1. The van der Waals surface area contributed by atoms with Gasteiger partial charge in [-0.1, -0.05) is 61.9 Å². The Labute approximate surface area is 143 Å². The summed E-state index contributed by atoms with van der Waals surface area (Å²) in [6.45, 7) is 3.69. The van der Waals surface area contributed by atoms with Crippen molar-refractivity contribution >= 4 is 27.2 Å². The molecule has 0 bridgehead atoms. The van der Waals surface area contributed by atoms with Crippen molar-refractivity contribution in [3.8, 4) is 0 Å². The number of unbranched alkanes of at least 4 members (excludes halogenated alkanes) is 1. The van der Waals surface area contributed by atoms with E-state index in [-0.39, 0.29) is 0 Å². The first-order chi connectivity index (χ1) is 11.8. The minimum absolute atomic E-state index is 0.371. The van der Waals surface area contributed by atoms with E-state index in [4.69, 9.17) is 4.74 Å². The SMILES string of the molecule is CCCCOCC(O)CNc1c2ccccc2cc2ccccc12. The Balaban J connectivity index is 1.79. The predicted octanol–water partition coefficient (Wildman–Crippen LogP) is 4.58. The molecule has 0 aliphatic rings. The van der Waals surface area contributed by atoms with E-state index in [1.54, 1.807) is 0 Å². The third-order valence-corrected chi connectivity index (χ3v) is 4.24. The van der Waals surface area contributed by atoms with Crippen molar-refractivity contribution in [1.82, 2.24) is 0 Å². The summed E-state index contributed by atoms with van der Waals surface area (Å²) in [5.41, 5.74) is 1.08. The van der Waals surface area contributed by atoms with Gasteiger partial charge >= 0.3 is 0 Å². The van der Waals surface area contributed by atoms with Gasteiger partial charge in [-0.05, 0) is 23.3 Å². The molecule has 0 radical (unpaired) electrons. The van der Waals surface area contributed by atoms with Crippen molar-refractivity contribution in [1.29, 1.82) is 0 Å². The molecular formula is C21H25NO2. The summed E-state index contributed by atoms with van der Waals surface area (Å²) in [7, 11) is 0. The van der Waals surface area contributed by atoms with Crippen LogP contribution in [0.3, 0.4) is 0 Å². The van der Waals surface area contributed by atoms with E-state index in [0.29, 0.717) is 19.8 Å². The molecule has 1 atom stereocenters. The highest BCUT2D eigenvalue weighted by Crippen LogP contribution is 2.32. The van der Waals surface area contributed by atoms with E-state index in [9.17, 15) is 5.11 Å². The molecule has 2 N–H and O–H groups in total. The van der Waals surface area contributed by atoms with Crippen LogP contribution in [0.5, 0.6) is 0 Å². The lowest BCUT2D eigenvalue weighted by molar-refractivity contribution is 0.0422. The van der Waals surface area contributed by atoms with Gasteiger partial charge in [0.1, 0.15) is 0 Å². The van der Waals surface area contributed by atoms with Gasteiger partial charge in [0.25, 0.3) is 0 Å². The molecule has 0 saturated heterocycles. The van der Waals surface area contributed by atoms with Crippen molar-refractivity contribution in [3.05, 3.63) is 54.6 Å². The first-order valence-corrected chi connectivity index (χ1v) is 8.69. The third-order valence-electron chi connectivity index (χ3n) is 4.24. The van der Waals surface area contributed by atoms with Crippen LogP contribution in [0, 0.1) is 0 Å². The highest BCUT2D eigenvalue weighted by Gasteiger charge is 2.09. The third kappa shape index (κ3) is 3.86. The summed E-state index contributed by atoms with van der Waals surface area (Å²) < 4.78 is 5.51. The quantitative estimate of drug-likeness (QED) is 0.471. The monoisotopic (exact) mass is 323 g/mol. The van der Waals surface area contributed by atoms with Crippen molar-refractivity contribution in [2.75, 3.05) is 25.1 Å². The lowest BCUT2D eigenvalue weighted by Gasteiger charge is -2.17. The Morgan fingerprint density at radius 3 is 2.25 bits per heavy atom. The first kappa shape index (κ1) is 16.7. The van der Waals surface area contributed by atoms with E-state index >= 15 is 0 Å². The summed E-state index contributed by atoms with van der Waals surface area (Å²) in [4.78, 5) is 0. The smallest absolute Gasteiger partial charge is 0.0945 e. The Hall–Kier alpha value is -2.10. The Kier molecular flexibility index (Phi) is 5.68. The van der Waals surface area contributed by atoms with E-state index < -0.39 is 6.10 Å². The van der Waals surface area contributed by atoms with Crippen LogP contribution in [0.1, 0.15) is 19.8 Å². The molecule has 3 aromatic rings. The maximum Gasteiger partial charge on any atom is 0.0945 e. The molecular weight excluding hydrogens is 298 g/mol. The molecule has 0 saturated carbocycles. The number of hydrogen-bond acceptors (Lipinski definition) is 3. The maximum absolute atomic E-state index is 10.2. The molecule has 0 fully saturated rings. The minimum atomic E-state index is -0.514. The molecule has 24 heavy (non-hydrogen) atoms. The van der Waals surface area contributed by atoms with Crippen molar-refractivity contribution < 1.29 is 9.84 Å². The van der Waals surface area contributed by atoms with E-state index in [1.165, 1.54) is 21.5 Å². The standard InChI is InChI=1S/C21H25NO2/c1-2-3-12-24-15-18(23)14-22-21-19-10-6-4-8-16(19)13-17-9-5-7-11-20(17)21/h4-11,13,18,22-23H,2-3,12,14-15H2,1H3. The summed E-state index contributed by atoms with van der Waals surface area (Å²) in [5, 5.41) is 18.4. The van der Waals surface area contributed by atoms with E-state index in [0.717, 1.165) is 18.5 Å². The fourth-order valence-electron chi connectivity index (χ4n) is 2.95. The summed E-state index contributed by atoms with van der Waals surface area (Å²) in [6, 6.07) is 18.9. The zero-order valence-corrected chi connectivity index (χ0v) is 14.2. The average Bonchev–Trinajstić information content (AvgIpc) is 2.62. The summed E-state index contributed by atoms with van der Waals surface area (Å²) >= 11 is 0. The van der Waals surface area contributed by atoms with Crippen molar-refractivity contribution in [3.63, 3.8) is 0 Å². The molecule has 0 spiro atoms. The molecule has 0 aromatic heterocycles. The first-order valence-electron chi connectivity index (χ1n) is 8.69. The largest absolute Gasteiger partial charge is 0.389 e. The Bertz CT molecular complexity index is 746. The number of hydrogen-bond donors (Lipinski definition) is 2. The van der Waals surface area contributed by atoms with Crippen LogP contribution in [0.2, 0.25) is 0 Å². The number of ether oxygens (including phenoxy) is 1. The fourth-order valence-corrected chi connectivity index (χ4v) is 2.95. The number of rotatable bonds is 8. The minimum Gasteiger partial charge on any atom is -0.389 e. The molecule has 3 heteroatoms. The predicted molar refractivity (Wildman–Crippen MR) is 102 cm³/mol. The van der Waals surface area contributed by atoms with Gasteiger partial charge in [-0.2, -0.15) is 0 Å². The van der Waals surface area contributed by atoms with Crippen molar-refractivity contribution in [2.45, 2.75) is 25.9 Å². The fraction of sp³-hybridized carbons (Fsp3) is 0.333. The Morgan fingerprint density at radius 1 is 1.00 bits per heavy atom. The molecule has 0 aliphatic heterocycles. The van der Waals surface area contributed by atoms with Gasteiger partial charge in [-0.3, -0.25) is 0 Å². The average molecular weight is 323 g/mol. The second-order valence-corrected chi connectivity index (χ2v) is 6.16. The highest BCUT2D eigenvalue weighted by molar-refractivity contribution is 6.10.